The van der Waals surface area contributed by atoms with Gasteiger partial charge in [-0.3, -0.25) is 9.48 Å². The van der Waals surface area contributed by atoms with E-state index in [2.05, 4.69) is 10.4 Å². The Morgan fingerprint density at radius 2 is 2.04 bits per heavy atom. The number of halogens is 2. The van der Waals surface area contributed by atoms with Crippen LogP contribution in [-0.4, -0.2) is 21.5 Å². The van der Waals surface area contributed by atoms with Gasteiger partial charge >= 0.3 is 0 Å². The predicted molar refractivity (Wildman–Crippen MR) is 101 cm³/mol. The molecule has 0 unspecified atom stereocenters. The molecule has 0 spiro atoms. The van der Waals surface area contributed by atoms with E-state index in [-0.39, 0.29) is 11.7 Å². The van der Waals surface area contributed by atoms with Gasteiger partial charge in [-0.25, -0.2) is 0 Å². The van der Waals surface area contributed by atoms with Gasteiger partial charge in [0.1, 0.15) is 5.78 Å². The van der Waals surface area contributed by atoms with Crippen molar-refractivity contribution in [2.24, 2.45) is 0 Å². The number of hydrogen-bond donors (Lipinski definition) is 1. The third-order valence-corrected chi connectivity index (χ3v) is 4.29. The van der Waals surface area contributed by atoms with Gasteiger partial charge in [0.2, 0.25) is 5.91 Å². The molecule has 132 valence electrons. The molecular weight excluding hydrogens is 361 g/mol. The Labute approximate surface area is 156 Å². The topological polar surface area (TPSA) is 64.0 Å². The van der Waals surface area contributed by atoms with Crippen LogP contribution in [0.1, 0.15) is 31.7 Å². The Kier molecular flexibility index (Phi) is 7.22. The summed E-state index contributed by atoms with van der Waals surface area (Å²) in [5.74, 6) is 0.358. The van der Waals surface area contributed by atoms with Gasteiger partial charge in [-0.2, -0.15) is 5.10 Å². The quantitative estimate of drug-likeness (QED) is 0.538. The number of carbonyl (C=O) groups excluding carboxylic acids is 2. The Bertz CT molecular complexity index is 784. The minimum Gasteiger partial charge on any atom is -0.306 e. The molecule has 0 saturated heterocycles. The first-order valence-electron chi connectivity index (χ1n) is 7.91. The second-order valence-electron chi connectivity index (χ2n) is 5.59. The van der Waals surface area contributed by atoms with Gasteiger partial charge in [0.15, 0.2) is 5.82 Å². The summed E-state index contributed by atoms with van der Waals surface area (Å²) in [4.78, 5) is 22.9. The predicted octanol–water partition coefficient (Wildman–Crippen LogP) is 4.60. The van der Waals surface area contributed by atoms with Crippen LogP contribution in [0, 0.1) is 0 Å². The minimum absolute atomic E-state index is 0.194. The summed E-state index contributed by atoms with van der Waals surface area (Å²) < 4.78 is 1.74. The zero-order valence-corrected chi connectivity index (χ0v) is 15.3. The van der Waals surface area contributed by atoms with Crippen LogP contribution in [0.5, 0.6) is 0 Å². The van der Waals surface area contributed by atoms with E-state index in [0.29, 0.717) is 34.4 Å². The van der Waals surface area contributed by atoms with Crippen molar-refractivity contribution in [2.75, 3.05) is 5.32 Å². The molecule has 1 heterocycles. The maximum Gasteiger partial charge on any atom is 0.249 e. The summed E-state index contributed by atoms with van der Waals surface area (Å²) in [5.41, 5.74) is 0.667. The number of anilines is 1. The number of hydrogen-bond acceptors (Lipinski definition) is 3. The standard InChI is InChI=1S/C18H19Cl2N3O2/c1-13(24)5-2-3-11-23-12-10-16(22-23)21-17(25)9-8-14-6-4-7-15(19)18(14)20/h4,6-10,12H,2-3,5,11H2,1H3,(H,21,22,25)/b9-8+. The first-order chi connectivity index (χ1) is 12.0. The van der Waals surface area contributed by atoms with Gasteiger partial charge in [0, 0.05) is 31.3 Å². The minimum atomic E-state index is -0.308. The molecule has 0 aliphatic heterocycles. The first kappa shape index (κ1) is 19.2. The number of aryl methyl sites for hydroxylation is 1. The molecule has 0 bridgehead atoms. The van der Waals surface area contributed by atoms with Crippen molar-refractivity contribution in [1.29, 1.82) is 0 Å². The molecule has 0 aliphatic carbocycles. The molecule has 1 N–H and O–H groups in total. The van der Waals surface area contributed by atoms with Crippen LogP contribution in [0.3, 0.4) is 0 Å². The van der Waals surface area contributed by atoms with E-state index in [1.54, 1.807) is 48.1 Å². The SMILES string of the molecule is CC(=O)CCCCn1ccc(NC(=O)/C=C/c2cccc(Cl)c2Cl)n1. The summed E-state index contributed by atoms with van der Waals surface area (Å²) >= 11 is 12.0. The van der Waals surface area contributed by atoms with E-state index < -0.39 is 0 Å². The highest BCUT2D eigenvalue weighted by atomic mass is 35.5. The van der Waals surface area contributed by atoms with Gasteiger partial charge in [-0.15, -0.1) is 0 Å². The maximum absolute atomic E-state index is 12.0. The third-order valence-electron chi connectivity index (χ3n) is 3.45. The molecule has 2 aromatic rings. The molecule has 7 heteroatoms. The number of rotatable bonds is 8. The number of ketones is 1. The summed E-state index contributed by atoms with van der Waals surface area (Å²) in [7, 11) is 0. The molecule has 0 atom stereocenters. The molecule has 1 amide bonds. The van der Waals surface area contributed by atoms with Crippen molar-refractivity contribution >= 4 is 46.8 Å². The number of Topliss-reactive ketones (excluding diaryl/α,β-unsaturated/α-hetero) is 1. The van der Waals surface area contributed by atoms with Crippen molar-refractivity contribution in [3.8, 4) is 0 Å². The van der Waals surface area contributed by atoms with E-state index in [1.165, 1.54) is 6.08 Å². The normalized spacial score (nSPS) is 11.0. The maximum atomic E-state index is 12.0. The third kappa shape index (κ3) is 6.36. The van der Waals surface area contributed by atoms with Crippen molar-refractivity contribution < 1.29 is 9.59 Å². The zero-order valence-electron chi connectivity index (χ0n) is 13.8. The fraction of sp³-hybridized carbons (Fsp3) is 0.278. The zero-order chi connectivity index (χ0) is 18.2. The molecule has 0 aliphatic rings. The number of benzene rings is 1. The number of carbonyl (C=O) groups is 2. The highest BCUT2D eigenvalue weighted by Crippen LogP contribution is 2.26. The molecule has 5 nitrogen and oxygen atoms in total. The van der Waals surface area contributed by atoms with Crippen LogP contribution in [0.4, 0.5) is 5.82 Å². The van der Waals surface area contributed by atoms with Crippen molar-refractivity contribution in [3.05, 3.63) is 52.1 Å². The van der Waals surface area contributed by atoms with Crippen molar-refractivity contribution in [2.45, 2.75) is 32.7 Å². The molecule has 25 heavy (non-hydrogen) atoms. The van der Waals surface area contributed by atoms with E-state index in [0.717, 1.165) is 12.8 Å². The lowest BCUT2D eigenvalue weighted by atomic mass is 10.2. The van der Waals surface area contributed by atoms with E-state index >= 15 is 0 Å². The van der Waals surface area contributed by atoms with Crippen LogP contribution in [0.2, 0.25) is 10.0 Å². The second-order valence-corrected chi connectivity index (χ2v) is 6.37. The fourth-order valence-electron chi connectivity index (χ4n) is 2.18. The molecule has 1 aromatic carbocycles. The molecule has 0 radical (unpaired) electrons. The lowest BCUT2D eigenvalue weighted by molar-refractivity contribution is -0.117. The number of nitrogens with zero attached hydrogens (tertiary/aromatic N) is 2. The number of unbranched alkanes of at least 4 members (excludes halogenated alkanes) is 1. The van der Waals surface area contributed by atoms with Crippen LogP contribution >= 0.6 is 23.2 Å². The van der Waals surface area contributed by atoms with Crippen molar-refractivity contribution in [1.82, 2.24) is 9.78 Å². The van der Waals surface area contributed by atoms with E-state index in [1.807, 2.05) is 0 Å². The second kappa shape index (κ2) is 9.39. The summed E-state index contributed by atoms with van der Waals surface area (Å²) in [6.45, 7) is 2.29. The van der Waals surface area contributed by atoms with E-state index in [9.17, 15) is 9.59 Å². The van der Waals surface area contributed by atoms with Crippen molar-refractivity contribution in [3.63, 3.8) is 0 Å². The fourth-order valence-corrected chi connectivity index (χ4v) is 2.55. The summed E-state index contributed by atoms with van der Waals surface area (Å²) in [6, 6.07) is 6.95. The Hall–Kier alpha value is -2.11. The summed E-state index contributed by atoms with van der Waals surface area (Å²) in [6.07, 6.45) is 7.05. The number of aromatic nitrogens is 2. The van der Waals surface area contributed by atoms with Crippen LogP contribution < -0.4 is 5.32 Å². The van der Waals surface area contributed by atoms with Crippen LogP contribution in [-0.2, 0) is 16.1 Å². The highest BCUT2D eigenvalue weighted by molar-refractivity contribution is 6.42. The van der Waals surface area contributed by atoms with Gasteiger partial charge in [0.05, 0.1) is 10.0 Å². The molecule has 0 fully saturated rings. The van der Waals surface area contributed by atoms with Crippen LogP contribution in [0.15, 0.2) is 36.5 Å². The monoisotopic (exact) mass is 379 g/mol. The lowest BCUT2D eigenvalue weighted by Gasteiger charge is -2.01. The van der Waals surface area contributed by atoms with E-state index in [4.69, 9.17) is 23.2 Å². The average molecular weight is 380 g/mol. The molecule has 2 rings (SSSR count). The molecular formula is C18H19Cl2N3O2. The Balaban J connectivity index is 1.85. The first-order valence-corrected chi connectivity index (χ1v) is 8.67. The largest absolute Gasteiger partial charge is 0.306 e. The van der Waals surface area contributed by atoms with Gasteiger partial charge in [0.25, 0.3) is 0 Å². The Morgan fingerprint density at radius 3 is 2.80 bits per heavy atom. The number of nitrogens with one attached hydrogen (secondary N) is 1. The Morgan fingerprint density at radius 1 is 1.24 bits per heavy atom. The molecule has 0 saturated carbocycles. The average Bonchev–Trinajstić information content (AvgIpc) is 3.00. The number of amides is 1. The van der Waals surface area contributed by atoms with Gasteiger partial charge in [-0.1, -0.05) is 35.3 Å². The highest BCUT2D eigenvalue weighted by Gasteiger charge is 2.04. The van der Waals surface area contributed by atoms with Gasteiger partial charge < -0.3 is 10.1 Å². The van der Waals surface area contributed by atoms with Crippen LogP contribution in [0.25, 0.3) is 6.08 Å². The molecule has 1 aromatic heterocycles. The van der Waals surface area contributed by atoms with Gasteiger partial charge in [-0.05, 0) is 37.5 Å². The smallest absolute Gasteiger partial charge is 0.249 e. The summed E-state index contributed by atoms with van der Waals surface area (Å²) in [5, 5.41) is 7.80. The lowest BCUT2D eigenvalue weighted by Crippen LogP contribution is -2.09.